The Balaban J connectivity index is 1.53. The van der Waals surface area contributed by atoms with Crippen LogP contribution < -0.4 is 0 Å². The first-order valence-electron chi connectivity index (χ1n) is 10.6. The van der Waals surface area contributed by atoms with Crippen molar-refractivity contribution in [2.45, 2.75) is 36.4 Å². The molecular weight excluding hydrogens is 463 g/mol. The summed E-state index contributed by atoms with van der Waals surface area (Å²) in [7, 11) is -4.62. The van der Waals surface area contributed by atoms with Crippen molar-refractivity contribution in [3.05, 3.63) is 76.1 Å². The molecule has 0 aliphatic carbocycles. The largest absolute Gasteiger partial charge is 0.533 e. The second-order valence-electron chi connectivity index (χ2n) is 8.31. The van der Waals surface area contributed by atoms with E-state index in [-0.39, 0.29) is 17.1 Å². The average molecular weight is 483 g/mol. The number of carbonyl (C=O) groups is 1. The Labute approximate surface area is 196 Å². The first-order chi connectivity index (χ1) is 15.8. The molecule has 1 N–H and O–H groups in total. The number of aromatic nitrogens is 2. The first kappa shape index (κ1) is 22.1. The molecule has 168 valence electrons. The molecule has 1 unspecified atom stereocenters. The topological polar surface area (TPSA) is 106 Å². The van der Waals surface area contributed by atoms with Gasteiger partial charge in [0.1, 0.15) is 4.90 Å². The second-order valence-corrected chi connectivity index (χ2v) is 10.8. The van der Waals surface area contributed by atoms with Crippen molar-refractivity contribution >= 4 is 34.5 Å². The van der Waals surface area contributed by atoms with E-state index in [1.54, 1.807) is 12.1 Å². The molecule has 2 aliphatic rings. The number of nitrogens with zero attached hydrogens (tertiary/aromatic N) is 2. The summed E-state index contributed by atoms with van der Waals surface area (Å²) in [6.45, 7) is 0. The van der Waals surface area contributed by atoms with Gasteiger partial charge in [0.2, 0.25) is 0 Å². The number of sulfone groups is 1. The van der Waals surface area contributed by atoms with Gasteiger partial charge in [-0.05, 0) is 36.1 Å². The molecule has 5 rings (SSSR count). The van der Waals surface area contributed by atoms with E-state index in [1.807, 2.05) is 36.4 Å². The van der Waals surface area contributed by atoms with E-state index in [2.05, 4.69) is 9.97 Å². The number of hydrogen-bond donors (Lipinski definition) is 1. The van der Waals surface area contributed by atoms with Crippen LogP contribution >= 0.6 is 11.6 Å². The van der Waals surface area contributed by atoms with Gasteiger partial charge < -0.3 is 9.68 Å². The van der Waals surface area contributed by atoms with Crippen LogP contribution in [0, 0.1) is 0 Å². The minimum absolute atomic E-state index is 0.0827. The van der Waals surface area contributed by atoms with Gasteiger partial charge in [-0.25, -0.2) is 18.4 Å². The van der Waals surface area contributed by atoms with Gasteiger partial charge in [-0.3, -0.25) is 4.79 Å². The van der Waals surface area contributed by atoms with Crippen molar-refractivity contribution < 1.29 is 22.9 Å². The monoisotopic (exact) mass is 482 g/mol. The fourth-order valence-electron chi connectivity index (χ4n) is 4.39. The molecule has 3 aromatic rings. The molecule has 0 bridgehead atoms. The Morgan fingerprint density at radius 1 is 1.15 bits per heavy atom. The number of rotatable bonds is 4. The maximum atomic E-state index is 12.9. The van der Waals surface area contributed by atoms with E-state index in [1.165, 1.54) is 0 Å². The van der Waals surface area contributed by atoms with E-state index in [0.29, 0.717) is 41.5 Å². The minimum Gasteiger partial charge on any atom is -0.509 e. The van der Waals surface area contributed by atoms with Crippen LogP contribution in [0.15, 0.2) is 53.4 Å². The molecule has 10 heteroatoms. The Morgan fingerprint density at radius 2 is 1.94 bits per heavy atom. The Kier molecular flexibility index (Phi) is 5.72. The zero-order valence-corrected chi connectivity index (χ0v) is 19.1. The fraction of sp³-hybridized carbons (Fsp3) is 0.261. The molecule has 1 fully saturated rings. The Morgan fingerprint density at radius 3 is 2.64 bits per heavy atom. The lowest BCUT2D eigenvalue weighted by atomic mass is 9.69. The average Bonchev–Trinajstić information content (AvgIpc) is 3.11. The number of aryl methyl sites for hydroxylation is 1. The van der Waals surface area contributed by atoms with Crippen LogP contribution in [0.25, 0.3) is 11.4 Å². The molecule has 0 amide bonds. The molecule has 7 nitrogen and oxygen atoms in total. The molecule has 1 aromatic heterocycles. The maximum Gasteiger partial charge on any atom is 0.533 e. The smallest absolute Gasteiger partial charge is 0.509 e. The highest BCUT2D eigenvalue weighted by Crippen LogP contribution is 2.32. The van der Waals surface area contributed by atoms with E-state index in [9.17, 15) is 18.2 Å². The molecule has 2 aliphatic heterocycles. The van der Waals surface area contributed by atoms with Crippen LogP contribution in [-0.4, -0.2) is 42.3 Å². The Bertz CT molecular complexity index is 1350. The molecule has 1 saturated heterocycles. The molecule has 1 atom stereocenters. The summed E-state index contributed by atoms with van der Waals surface area (Å²) in [5.74, 6) is -0.305. The summed E-state index contributed by atoms with van der Waals surface area (Å²) >= 11 is 6.14. The number of benzene rings is 2. The molecule has 3 heterocycles. The molecule has 2 aromatic carbocycles. The zero-order chi connectivity index (χ0) is 23.2. The van der Waals surface area contributed by atoms with Crippen LogP contribution in [0.5, 0.6) is 0 Å². The van der Waals surface area contributed by atoms with Gasteiger partial charge >= 0.3 is 7.12 Å². The van der Waals surface area contributed by atoms with Crippen LogP contribution in [0.4, 0.5) is 0 Å². The number of hydrogen-bond acceptors (Lipinski definition) is 7. The summed E-state index contributed by atoms with van der Waals surface area (Å²) in [5.41, 5.74) is 3.38. The molecule has 0 spiro atoms. The Hall–Kier alpha value is -2.75. The van der Waals surface area contributed by atoms with E-state index in [0.717, 1.165) is 16.7 Å². The standard InChI is InChI=1S/C23H20BClN2O5S/c25-17-4-1-3-16(12-17)23-26-19-5-2-10-33(30,31)22(19)20(27-23)11-14-6-8-15(9-7-14)18-13-21(28)32-24(18)29/h1,3-4,6-9,12,18,29H,2,5,10-11,13H2. The summed E-state index contributed by atoms with van der Waals surface area (Å²) in [6.07, 6.45) is 1.53. The van der Waals surface area contributed by atoms with Crippen molar-refractivity contribution in [3.63, 3.8) is 0 Å². The lowest BCUT2D eigenvalue weighted by molar-refractivity contribution is -0.133. The zero-order valence-electron chi connectivity index (χ0n) is 17.6. The first-order valence-corrected chi connectivity index (χ1v) is 12.7. The summed E-state index contributed by atoms with van der Waals surface area (Å²) in [6, 6.07) is 14.5. The van der Waals surface area contributed by atoms with E-state index >= 15 is 0 Å². The molecule has 0 saturated carbocycles. The van der Waals surface area contributed by atoms with Crippen molar-refractivity contribution in [2.24, 2.45) is 0 Å². The maximum absolute atomic E-state index is 12.9. The number of halogens is 1. The van der Waals surface area contributed by atoms with Gasteiger partial charge in [0, 0.05) is 22.8 Å². The fourth-order valence-corrected chi connectivity index (χ4v) is 6.29. The lowest BCUT2D eigenvalue weighted by Gasteiger charge is -2.20. The van der Waals surface area contributed by atoms with Crippen molar-refractivity contribution in [1.29, 1.82) is 0 Å². The van der Waals surface area contributed by atoms with Gasteiger partial charge in [0.15, 0.2) is 15.7 Å². The second kappa shape index (κ2) is 8.55. The number of fused-ring (bicyclic) bond motifs is 1. The number of carbonyl (C=O) groups excluding carboxylic acids is 1. The van der Waals surface area contributed by atoms with Gasteiger partial charge in [0.05, 0.1) is 23.6 Å². The molecule has 33 heavy (non-hydrogen) atoms. The normalized spacial score (nSPS) is 19.3. The summed E-state index contributed by atoms with van der Waals surface area (Å²) in [4.78, 5) is 20.9. The molecule has 0 radical (unpaired) electrons. The van der Waals surface area contributed by atoms with Crippen LogP contribution in [0.3, 0.4) is 0 Å². The quantitative estimate of drug-likeness (QED) is 0.569. The summed E-state index contributed by atoms with van der Waals surface area (Å²) in [5, 5.41) is 10.5. The molecular formula is C23H20BClN2O5S. The van der Waals surface area contributed by atoms with E-state index < -0.39 is 28.7 Å². The van der Waals surface area contributed by atoms with Gasteiger partial charge in [0.25, 0.3) is 5.97 Å². The minimum atomic E-state index is -3.47. The lowest BCUT2D eigenvalue weighted by Crippen LogP contribution is -2.21. The highest BCUT2D eigenvalue weighted by atomic mass is 35.5. The SMILES string of the molecule is O=C1CC(c2ccc(Cc3nc(-c4cccc(Cl)c4)nc4c3S(=O)(=O)CCC4)cc2)B(O)O1. The van der Waals surface area contributed by atoms with Crippen LogP contribution in [0.1, 0.15) is 41.2 Å². The van der Waals surface area contributed by atoms with Gasteiger partial charge in [-0.15, -0.1) is 0 Å². The third-order valence-corrected chi connectivity index (χ3v) is 8.14. The van der Waals surface area contributed by atoms with Gasteiger partial charge in [-0.2, -0.15) is 0 Å². The highest BCUT2D eigenvalue weighted by molar-refractivity contribution is 7.91. The predicted molar refractivity (Wildman–Crippen MR) is 124 cm³/mol. The highest BCUT2D eigenvalue weighted by Gasteiger charge is 2.40. The van der Waals surface area contributed by atoms with E-state index in [4.69, 9.17) is 16.3 Å². The summed E-state index contributed by atoms with van der Waals surface area (Å²) < 4.78 is 30.6. The predicted octanol–water partition coefficient (Wildman–Crippen LogP) is 3.16. The van der Waals surface area contributed by atoms with Gasteiger partial charge in [-0.1, -0.05) is 48.0 Å². The third-order valence-electron chi connectivity index (χ3n) is 5.99. The van der Waals surface area contributed by atoms with Crippen LogP contribution in [-0.2, 0) is 32.1 Å². The van der Waals surface area contributed by atoms with Crippen molar-refractivity contribution in [3.8, 4) is 11.4 Å². The van der Waals surface area contributed by atoms with Crippen molar-refractivity contribution in [1.82, 2.24) is 9.97 Å². The van der Waals surface area contributed by atoms with Crippen LogP contribution in [0.2, 0.25) is 5.02 Å². The third kappa shape index (κ3) is 4.40. The van der Waals surface area contributed by atoms with Crippen molar-refractivity contribution in [2.75, 3.05) is 5.75 Å².